The van der Waals surface area contributed by atoms with Crippen LogP contribution in [0.2, 0.25) is 5.02 Å². The molecule has 0 saturated carbocycles. The van der Waals surface area contributed by atoms with Crippen LogP contribution in [0.3, 0.4) is 0 Å². The van der Waals surface area contributed by atoms with Crippen molar-refractivity contribution in [3.8, 4) is 17.2 Å². The molecule has 0 spiro atoms. The molecule has 0 aliphatic heterocycles. The molecule has 0 aliphatic rings. The number of hydrogen-bond acceptors (Lipinski definition) is 3. The highest BCUT2D eigenvalue weighted by atomic mass is 35.5. The van der Waals surface area contributed by atoms with Crippen LogP contribution in [0.25, 0.3) is 0 Å². The van der Waals surface area contributed by atoms with E-state index in [1.54, 1.807) is 13.2 Å². The topological polar surface area (TPSA) is 44.5 Å². The standard InChI is InChI=1S/C15H16ClNO2/c1-10(17)15-13(18-2)8-5-9-14(15)19-12-7-4-3-6-11(12)16/h3-10H,17H2,1-2H3. The van der Waals surface area contributed by atoms with Crippen molar-refractivity contribution in [3.05, 3.63) is 53.1 Å². The molecule has 2 aromatic carbocycles. The van der Waals surface area contributed by atoms with Gasteiger partial charge in [-0.05, 0) is 31.2 Å². The van der Waals surface area contributed by atoms with Gasteiger partial charge >= 0.3 is 0 Å². The minimum atomic E-state index is -0.200. The number of methoxy groups -OCH3 is 1. The summed E-state index contributed by atoms with van der Waals surface area (Å²) in [6.07, 6.45) is 0. The monoisotopic (exact) mass is 277 g/mol. The Kier molecular flexibility index (Phi) is 4.30. The zero-order chi connectivity index (χ0) is 13.8. The number of nitrogens with two attached hydrogens (primary N) is 1. The second-order valence-corrected chi connectivity index (χ2v) is 4.60. The Labute approximate surface area is 117 Å². The van der Waals surface area contributed by atoms with E-state index < -0.39 is 0 Å². The Hall–Kier alpha value is -1.71. The van der Waals surface area contributed by atoms with Gasteiger partial charge in [-0.25, -0.2) is 0 Å². The number of para-hydroxylation sites is 1. The molecule has 0 fully saturated rings. The van der Waals surface area contributed by atoms with Crippen LogP contribution in [0.5, 0.6) is 17.2 Å². The molecular weight excluding hydrogens is 262 g/mol. The fourth-order valence-corrected chi connectivity index (χ4v) is 2.06. The number of hydrogen-bond donors (Lipinski definition) is 1. The van der Waals surface area contributed by atoms with E-state index in [0.29, 0.717) is 22.3 Å². The first-order chi connectivity index (χ1) is 9.13. The van der Waals surface area contributed by atoms with Crippen molar-refractivity contribution >= 4 is 11.6 Å². The van der Waals surface area contributed by atoms with Gasteiger partial charge in [0.1, 0.15) is 17.2 Å². The van der Waals surface area contributed by atoms with Gasteiger partial charge in [0.2, 0.25) is 0 Å². The summed E-state index contributed by atoms with van der Waals surface area (Å²) >= 11 is 6.09. The van der Waals surface area contributed by atoms with E-state index in [-0.39, 0.29) is 6.04 Å². The van der Waals surface area contributed by atoms with E-state index in [2.05, 4.69) is 0 Å². The van der Waals surface area contributed by atoms with Crippen molar-refractivity contribution in [2.75, 3.05) is 7.11 Å². The molecule has 2 rings (SSSR count). The minimum absolute atomic E-state index is 0.200. The van der Waals surface area contributed by atoms with Crippen LogP contribution in [-0.2, 0) is 0 Å². The van der Waals surface area contributed by atoms with Crippen LogP contribution >= 0.6 is 11.6 Å². The lowest BCUT2D eigenvalue weighted by Gasteiger charge is -2.17. The quantitative estimate of drug-likeness (QED) is 0.912. The lowest BCUT2D eigenvalue weighted by molar-refractivity contribution is 0.397. The van der Waals surface area contributed by atoms with Crippen molar-refractivity contribution in [2.45, 2.75) is 13.0 Å². The summed E-state index contributed by atoms with van der Waals surface area (Å²) in [5.74, 6) is 1.96. The third kappa shape index (κ3) is 3.00. The molecular formula is C15H16ClNO2. The first-order valence-corrected chi connectivity index (χ1v) is 6.36. The molecule has 0 bridgehead atoms. The van der Waals surface area contributed by atoms with Gasteiger partial charge in [-0.1, -0.05) is 29.8 Å². The molecule has 0 aromatic heterocycles. The molecule has 0 heterocycles. The van der Waals surface area contributed by atoms with Gasteiger partial charge in [0.05, 0.1) is 17.7 Å². The Morgan fingerprint density at radius 2 is 1.63 bits per heavy atom. The molecule has 0 aliphatic carbocycles. The SMILES string of the molecule is COc1cccc(Oc2ccccc2Cl)c1C(C)N. The number of benzene rings is 2. The first-order valence-electron chi connectivity index (χ1n) is 5.98. The lowest BCUT2D eigenvalue weighted by atomic mass is 10.1. The Morgan fingerprint density at radius 1 is 1.00 bits per heavy atom. The van der Waals surface area contributed by atoms with Crippen molar-refractivity contribution in [1.29, 1.82) is 0 Å². The maximum atomic E-state index is 6.09. The van der Waals surface area contributed by atoms with Crippen LogP contribution in [0.15, 0.2) is 42.5 Å². The molecule has 2 N–H and O–H groups in total. The zero-order valence-electron chi connectivity index (χ0n) is 10.9. The predicted octanol–water partition coefficient (Wildman–Crippen LogP) is 4.16. The molecule has 3 nitrogen and oxygen atoms in total. The van der Waals surface area contributed by atoms with E-state index in [1.165, 1.54) is 0 Å². The lowest BCUT2D eigenvalue weighted by Crippen LogP contribution is -2.08. The molecule has 0 amide bonds. The Balaban J connectivity index is 2.43. The van der Waals surface area contributed by atoms with Gasteiger partial charge in [-0.2, -0.15) is 0 Å². The van der Waals surface area contributed by atoms with Crippen LogP contribution < -0.4 is 15.2 Å². The van der Waals surface area contributed by atoms with Gasteiger partial charge in [-0.3, -0.25) is 0 Å². The summed E-state index contributed by atoms with van der Waals surface area (Å²) in [7, 11) is 1.61. The van der Waals surface area contributed by atoms with Gasteiger partial charge < -0.3 is 15.2 Å². The molecule has 1 atom stereocenters. The number of rotatable bonds is 4. The largest absolute Gasteiger partial charge is 0.496 e. The van der Waals surface area contributed by atoms with E-state index >= 15 is 0 Å². The summed E-state index contributed by atoms with van der Waals surface area (Å²) in [4.78, 5) is 0. The number of ether oxygens (including phenoxy) is 2. The molecule has 19 heavy (non-hydrogen) atoms. The Morgan fingerprint density at radius 3 is 2.26 bits per heavy atom. The molecule has 0 saturated heterocycles. The zero-order valence-corrected chi connectivity index (χ0v) is 11.6. The van der Waals surface area contributed by atoms with Crippen molar-refractivity contribution in [1.82, 2.24) is 0 Å². The summed E-state index contributed by atoms with van der Waals surface area (Å²) in [5.41, 5.74) is 6.81. The van der Waals surface area contributed by atoms with E-state index in [1.807, 2.05) is 43.3 Å². The predicted molar refractivity (Wildman–Crippen MR) is 77.1 cm³/mol. The third-order valence-corrected chi connectivity index (χ3v) is 3.07. The second-order valence-electron chi connectivity index (χ2n) is 4.19. The van der Waals surface area contributed by atoms with Gasteiger partial charge in [0, 0.05) is 6.04 Å². The summed E-state index contributed by atoms with van der Waals surface area (Å²) in [6, 6.07) is 12.7. The minimum Gasteiger partial charge on any atom is -0.496 e. The summed E-state index contributed by atoms with van der Waals surface area (Å²) < 4.78 is 11.2. The second kappa shape index (κ2) is 5.95. The van der Waals surface area contributed by atoms with E-state index in [0.717, 1.165) is 5.56 Å². The fraction of sp³-hybridized carbons (Fsp3) is 0.200. The highest BCUT2D eigenvalue weighted by Crippen LogP contribution is 2.37. The molecule has 4 heteroatoms. The summed E-state index contributed by atoms with van der Waals surface area (Å²) in [6.45, 7) is 1.89. The average molecular weight is 278 g/mol. The van der Waals surface area contributed by atoms with Crippen LogP contribution in [0.1, 0.15) is 18.5 Å². The third-order valence-electron chi connectivity index (χ3n) is 2.76. The number of halogens is 1. The van der Waals surface area contributed by atoms with Crippen LogP contribution in [0.4, 0.5) is 0 Å². The van der Waals surface area contributed by atoms with Crippen molar-refractivity contribution in [3.63, 3.8) is 0 Å². The normalized spacial score (nSPS) is 12.0. The first kappa shape index (κ1) is 13.7. The fourth-order valence-electron chi connectivity index (χ4n) is 1.89. The summed E-state index contributed by atoms with van der Waals surface area (Å²) in [5, 5.41) is 0.556. The highest BCUT2D eigenvalue weighted by Gasteiger charge is 2.15. The molecule has 100 valence electrons. The smallest absolute Gasteiger partial charge is 0.146 e. The van der Waals surface area contributed by atoms with Crippen LogP contribution in [0, 0.1) is 0 Å². The molecule has 0 radical (unpaired) electrons. The van der Waals surface area contributed by atoms with Crippen molar-refractivity contribution < 1.29 is 9.47 Å². The van der Waals surface area contributed by atoms with E-state index in [4.69, 9.17) is 26.8 Å². The van der Waals surface area contributed by atoms with Gasteiger partial charge in [-0.15, -0.1) is 0 Å². The van der Waals surface area contributed by atoms with Crippen molar-refractivity contribution in [2.24, 2.45) is 5.73 Å². The van der Waals surface area contributed by atoms with Gasteiger partial charge in [0.15, 0.2) is 0 Å². The van der Waals surface area contributed by atoms with Gasteiger partial charge in [0.25, 0.3) is 0 Å². The maximum absolute atomic E-state index is 6.09. The molecule has 1 unspecified atom stereocenters. The van der Waals surface area contributed by atoms with Crippen LogP contribution in [-0.4, -0.2) is 7.11 Å². The average Bonchev–Trinajstić information content (AvgIpc) is 2.40. The highest BCUT2D eigenvalue weighted by molar-refractivity contribution is 6.32. The molecule has 2 aromatic rings. The Bertz CT molecular complexity index is 570. The maximum Gasteiger partial charge on any atom is 0.146 e. The van der Waals surface area contributed by atoms with E-state index in [9.17, 15) is 0 Å².